The molecule has 0 aliphatic carbocycles. The van der Waals surface area contributed by atoms with Crippen LogP contribution in [0.2, 0.25) is 0 Å². The molecule has 0 aromatic rings. The Morgan fingerprint density at radius 3 is 2.62 bits per heavy atom. The highest BCUT2D eigenvalue weighted by molar-refractivity contribution is 6.17. The van der Waals surface area contributed by atoms with E-state index in [2.05, 4.69) is 0 Å². The van der Waals surface area contributed by atoms with Crippen LogP contribution in [-0.4, -0.2) is 31.3 Å². The predicted molar refractivity (Wildman–Crippen MR) is 41.1 cm³/mol. The van der Waals surface area contributed by atoms with E-state index in [1.165, 1.54) is 0 Å². The molecule has 0 heterocycles. The van der Waals surface area contributed by atoms with Crippen molar-refractivity contribution in [1.29, 1.82) is 0 Å². The second-order valence-electron chi connectivity index (χ2n) is 1.19. The highest BCUT2D eigenvalue weighted by atomic mass is 35.5. The van der Waals surface area contributed by atoms with Crippen LogP contribution in [0.5, 0.6) is 0 Å². The quantitative estimate of drug-likeness (QED) is 0.572. The first-order chi connectivity index (χ1) is 5.69. The van der Waals surface area contributed by atoms with Gasteiger partial charge in [0.1, 0.15) is 0 Å². The molecule has 8 heavy (non-hydrogen) atoms. The van der Waals surface area contributed by atoms with Gasteiger partial charge in [-0.3, -0.25) is 0 Å². The number of hydrogen-bond donors (Lipinski definition) is 0. The van der Waals surface area contributed by atoms with Gasteiger partial charge in [0.2, 0.25) is 0 Å². The monoisotopic (exact) mass is 163 g/mol. The van der Waals surface area contributed by atoms with Crippen molar-refractivity contribution in [3.8, 4) is 0 Å². The third-order valence-electron chi connectivity index (χ3n) is 0.515. The fourth-order valence-corrected chi connectivity index (χ4v) is 0.337. The van der Waals surface area contributed by atoms with E-state index in [1.807, 2.05) is 0 Å². The van der Waals surface area contributed by atoms with Crippen LogP contribution in [-0.2, 0) is 0 Å². The fourth-order valence-electron chi connectivity index (χ4n) is 0.218. The Hall–Kier alpha value is 0.540. The number of hydrogen-bond acceptors (Lipinski definition) is 1. The van der Waals surface area contributed by atoms with Crippen LogP contribution in [0.3, 0.4) is 0 Å². The molecule has 3 heteroatoms. The third-order valence-corrected chi connectivity index (χ3v) is 0.783. The standard InChI is InChI=1S/C5H12ClN.ClH/c1-7(2)5-3-4-6;/h3-5H2,1-2H3;1H/i1D3,2D3;. The summed E-state index contributed by atoms with van der Waals surface area (Å²) < 4.78 is 41.9. The lowest BCUT2D eigenvalue weighted by molar-refractivity contribution is 0.409. The molecule has 0 spiro atoms. The Bertz CT molecular complexity index is 141. The van der Waals surface area contributed by atoms with E-state index < -0.39 is 14.0 Å². The zero-order valence-electron chi connectivity index (χ0n) is 10.4. The molecule has 0 atom stereocenters. The average Bonchev–Trinajstić information content (AvgIpc) is 1.81. The van der Waals surface area contributed by atoms with Gasteiger partial charge in [-0.05, 0) is 26.9 Å². The molecule has 0 amide bonds. The predicted octanol–water partition coefficient (Wildman–Crippen LogP) is 1.60. The van der Waals surface area contributed by atoms with E-state index >= 15 is 0 Å². The van der Waals surface area contributed by atoms with E-state index in [-0.39, 0.29) is 24.8 Å². The van der Waals surface area contributed by atoms with Gasteiger partial charge < -0.3 is 4.90 Å². The van der Waals surface area contributed by atoms with Crippen molar-refractivity contribution in [1.82, 2.24) is 4.90 Å². The maximum atomic E-state index is 6.98. The van der Waals surface area contributed by atoms with Gasteiger partial charge in [0.05, 0.1) is 0 Å². The second kappa shape index (κ2) is 7.54. The fraction of sp³-hybridized carbons (Fsp3) is 1.00. The normalized spacial score (nSPS) is 23.2. The summed E-state index contributed by atoms with van der Waals surface area (Å²) >= 11 is 5.35. The van der Waals surface area contributed by atoms with Gasteiger partial charge in [0.25, 0.3) is 0 Å². The van der Waals surface area contributed by atoms with E-state index in [9.17, 15) is 0 Å². The summed E-state index contributed by atoms with van der Waals surface area (Å²) in [6.45, 7) is -5.22. The average molecular weight is 164 g/mol. The first-order valence-corrected chi connectivity index (χ1v) is 2.57. The van der Waals surface area contributed by atoms with Crippen molar-refractivity contribution < 1.29 is 8.22 Å². The Balaban J connectivity index is 0. The molecule has 52 valence electrons. The molecule has 0 aliphatic heterocycles. The summed E-state index contributed by atoms with van der Waals surface area (Å²) in [5.41, 5.74) is 0. The minimum Gasteiger partial charge on any atom is -0.309 e. The van der Waals surface area contributed by atoms with Crippen LogP contribution in [0.4, 0.5) is 0 Å². The molecule has 0 aromatic carbocycles. The SMILES string of the molecule is Cl.[2H]C([2H])([2H])N(CCCCl)C([2H])([2H])[2H]. The van der Waals surface area contributed by atoms with E-state index in [0.717, 1.165) is 0 Å². The lowest BCUT2D eigenvalue weighted by atomic mass is 10.5. The molecule has 0 N–H and O–H groups in total. The maximum absolute atomic E-state index is 6.98. The number of alkyl halides is 1. The highest BCUT2D eigenvalue weighted by Gasteiger charge is 1.84. The third kappa shape index (κ3) is 9.74. The zero-order chi connectivity index (χ0) is 10.7. The summed E-state index contributed by atoms with van der Waals surface area (Å²) in [4.78, 5) is 0.502. The minimum absolute atomic E-state index is 0. The number of halogens is 2. The molecule has 0 rings (SSSR count). The number of nitrogens with zero attached hydrogens (tertiary/aromatic N) is 1. The molecule has 0 aliphatic rings. The van der Waals surface area contributed by atoms with E-state index in [0.29, 0.717) is 11.3 Å². The van der Waals surface area contributed by atoms with Gasteiger partial charge in [0.15, 0.2) is 0 Å². The maximum Gasteiger partial charge on any atom is 0.0394 e. The molecule has 0 saturated heterocycles. The van der Waals surface area contributed by atoms with Crippen molar-refractivity contribution in [2.45, 2.75) is 6.42 Å². The largest absolute Gasteiger partial charge is 0.309 e. The van der Waals surface area contributed by atoms with Crippen molar-refractivity contribution in [3.05, 3.63) is 0 Å². The van der Waals surface area contributed by atoms with E-state index in [4.69, 9.17) is 19.8 Å². The summed E-state index contributed by atoms with van der Waals surface area (Å²) in [5, 5.41) is 0. The van der Waals surface area contributed by atoms with Crippen molar-refractivity contribution in [2.75, 3.05) is 26.4 Å². The lowest BCUT2D eigenvalue weighted by Gasteiger charge is -2.05. The molecular formula is C5H13Cl2N. The topological polar surface area (TPSA) is 3.24 Å². The van der Waals surface area contributed by atoms with Crippen molar-refractivity contribution >= 4 is 24.0 Å². The Morgan fingerprint density at radius 2 is 2.25 bits per heavy atom. The Kier molecular flexibility index (Phi) is 2.91. The smallest absolute Gasteiger partial charge is 0.0394 e. The van der Waals surface area contributed by atoms with Gasteiger partial charge in [-0.15, -0.1) is 24.0 Å². The second-order valence-corrected chi connectivity index (χ2v) is 1.57. The van der Waals surface area contributed by atoms with E-state index in [1.54, 1.807) is 0 Å². The number of rotatable bonds is 3. The van der Waals surface area contributed by atoms with Crippen molar-refractivity contribution in [2.24, 2.45) is 0 Å². The van der Waals surface area contributed by atoms with Gasteiger partial charge in [-0.2, -0.15) is 0 Å². The Labute approximate surface area is 70.8 Å². The summed E-state index contributed by atoms with van der Waals surface area (Å²) in [7, 11) is 0. The van der Waals surface area contributed by atoms with Gasteiger partial charge in [-0.1, -0.05) is 0 Å². The zero-order valence-corrected chi connectivity index (χ0v) is 5.93. The Morgan fingerprint density at radius 1 is 1.62 bits per heavy atom. The van der Waals surface area contributed by atoms with Crippen LogP contribution < -0.4 is 0 Å². The highest BCUT2D eigenvalue weighted by Crippen LogP contribution is 1.84. The molecule has 0 bridgehead atoms. The molecule has 1 nitrogen and oxygen atoms in total. The first kappa shape index (κ1) is 3.09. The van der Waals surface area contributed by atoms with Crippen LogP contribution in [0.25, 0.3) is 0 Å². The molecular weight excluding hydrogens is 145 g/mol. The molecule has 0 radical (unpaired) electrons. The molecule has 0 aromatic heterocycles. The summed E-state index contributed by atoms with van der Waals surface area (Å²) in [6, 6.07) is 0. The molecule has 0 saturated carbocycles. The minimum atomic E-state index is -2.59. The van der Waals surface area contributed by atoms with Crippen molar-refractivity contribution in [3.63, 3.8) is 0 Å². The van der Waals surface area contributed by atoms with Gasteiger partial charge >= 0.3 is 0 Å². The van der Waals surface area contributed by atoms with Crippen LogP contribution >= 0.6 is 24.0 Å². The lowest BCUT2D eigenvalue weighted by Crippen LogP contribution is -2.12. The van der Waals surface area contributed by atoms with Crippen LogP contribution in [0.15, 0.2) is 0 Å². The van der Waals surface area contributed by atoms with Crippen LogP contribution in [0, 0.1) is 0 Å². The van der Waals surface area contributed by atoms with Gasteiger partial charge in [0, 0.05) is 14.1 Å². The summed E-state index contributed by atoms with van der Waals surface area (Å²) in [6.07, 6.45) is 0.346. The molecule has 0 fully saturated rings. The summed E-state index contributed by atoms with van der Waals surface area (Å²) in [5.74, 6) is 0.253. The molecule has 0 unspecified atom stereocenters. The van der Waals surface area contributed by atoms with Crippen LogP contribution in [0.1, 0.15) is 14.6 Å². The first-order valence-electron chi connectivity index (χ1n) is 5.03. The van der Waals surface area contributed by atoms with Gasteiger partial charge in [-0.25, -0.2) is 0 Å².